The highest BCUT2D eigenvalue weighted by atomic mass is 35.5. The fraction of sp³-hybridized carbons (Fsp3) is 0.133. The van der Waals surface area contributed by atoms with Crippen LogP contribution in [-0.2, 0) is 0 Å². The molecular formula is C15H12Cl2N6OS. The second kappa shape index (κ2) is 7.30. The number of aryl methyl sites for hydroxylation is 2. The van der Waals surface area contributed by atoms with E-state index in [9.17, 15) is 4.79 Å². The van der Waals surface area contributed by atoms with Gasteiger partial charge in [-0.15, -0.1) is 0 Å². The normalized spacial score (nSPS) is 10.6. The Balaban J connectivity index is 1.75. The SMILES string of the molecule is Cc1nc(Cl)nc(Nc2ncc(C(=O)Nc3c(C)cccc3Cl)s2)n1. The molecule has 0 unspecified atom stereocenters. The van der Waals surface area contributed by atoms with Crippen molar-refractivity contribution < 1.29 is 4.79 Å². The summed E-state index contributed by atoms with van der Waals surface area (Å²) in [6.45, 7) is 3.57. The summed E-state index contributed by atoms with van der Waals surface area (Å²) in [5.74, 6) is 0.443. The molecule has 0 bridgehead atoms. The van der Waals surface area contributed by atoms with E-state index in [-0.39, 0.29) is 17.1 Å². The van der Waals surface area contributed by atoms with Gasteiger partial charge in [-0.1, -0.05) is 35.1 Å². The number of nitrogens with one attached hydrogen (secondary N) is 2. The molecule has 0 spiro atoms. The zero-order valence-electron chi connectivity index (χ0n) is 13.2. The Bertz CT molecular complexity index is 905. The Kier molecular flexibility index (Phi) is 5.12. The lowest BCUT2D eigenvalue weighted by Gasteiger charge is -2.08. The van der Waals surface area contributed by atoms with Crippen LogP contribution in [0.2, 0.25) is 10.3 Å². The maximum atomic E-state index is 12.4. The van der Waals surface area contributed by atoms with Crippen molar-refractivity contribution in [1.82, 2.24) is 19.9 Å². The Morgan fingerprint density at radius 1 is 1.16 bits per heavy atom. The molecule has 0 aliphatic heterocycles. The highest BCUT2D eigenvalue weighted by molar-refractivity contribution is 7.17. The van der Waals surface area contributed by atoms with E-state index >= 15 is 0 Å². The molecule has 0 fully saturated rings. The fourth-order valence-electron chi connectivity index (χ4n) is 2.00. The first-order chi connectivity index (χ1) is 11.9. The zero-order chi connectivity index (χ0) is 18.0. The maximum Gasteiger partial charge on any atom is 0.267 e. The maximum absolute atomic E-state index is 12.4. The van der Waals surface area contributed by atoms with Crippen LogP contribution < -0.4 is 10.6 Å². The number of carbonyl (C=O) groups excluding carboxylic acids is 1. The van der Waals surface area contributed by atoms with Crippen molar-refractivity contribution in [3.8, 4) is 0 Å². The van der Waals surface area contributed by atoms with Crippen molar-refractivity contribution in [3.63, 3.8) is 0 Å². The monoisotopic (exact) mass is 394 g/mol. The molecule has 0 atom stereocenters. The van der Waals surface area contributed by atoms with Crippen LogP contribution in [0.1, 0.15) is 21.1 Å². The Morgan fingerprint density at radius 2 is 1.96 bits per heavy atom. The van der Waals surface area contributed by atoms with Gasteiger partial charge in [0.2, 0.25) is 11.2 Å². The second-order valence-electron chi connectivity index (χ2n) is 5.02. The van der Waals surface area contributed by atoms with Gasteiger partial charge in [0.25, 0.3) is 5.91 Å². The highest BCUT2D eigenvalue weighted by Gasteiger charge is 2.14. The van der Waals surface area contributed by atoms with Gasteiger partial charge < -0.3 is 5.32 Å². The summed E-state index contributed by atoms with van der Waals surface area (Å²) in [4.78, 5) is 28.9. The summed E-state index contributed by atoms with van der Waals surface area (Å²) in [7, 11) is 0. The lowest BCUT2D eigenvalue weighted by atomic mass is 10.2. The number of amides is 1. The molecule has 0 saturated heterocycles. The molecule has 3 aromatic rings. The van der Waals surface area contributed by atoms with Crippen LogP contribution in [0.5, 0.6) is 0 Å². The van der Waals surface area contributed by atoms with Gasteiger partial charge in [0.1, 0.15) is 10.7 Å². The molecule has 0 aliphatic rings. The van der Waals surface area contributed by atoms with Gasteiger partial charge in [-0.3, -0.25) is 10.1 Å². The Labute approximate surface area is 157 Å². The first-order valence-electron chi connectivity index (χ1n) is 7.10. The molecule has 2 heterocycles. The average molecular weight is 395 g/mol. The first-order valence-corrected chi connectivity index (χ1v) is 8.67. The van der Waals surface area contributed by atoms with Crippen LogP contribution >= 0.6 is 34.5 Å². The van der Waals surface area contributed by atoms with Crippen LogP contribution in [0.4, 0.5) is 16.8 Å². The van der Waals surface area contributed by atoms with Gasteiger partial charge in [0.15, 0.2) is 5.13 Å². The molecule has 128 valence electrons. The van der Waals surface area contributed by atoms with Crippen molar-refractivity contribution in [2.75, 3.05) is 10.6 Å². The minimum Gasteiger partial charge on any atom is -0.320 e. The predicted octanol–water partition coefficient (Wildman–Crippen LogP) is 4.25. The topological polar surface area (TPSA) is 92.7 Å². The number of benzene rings is 1. The second-order valence-corrected chi connectivity index (χ2v) is 6.79. The molecule has 7 nitrogen and oxygen atoms in total. The molecule has 2 aromatic heterocycles. The van der Waals surface area contributed by atoms with Crippen molar-refractivity contribution in [1.29, 1.82) is 0 Å². The zero-order valence-corrected chi connectivity index (χ0v) is 15.5. The quantitative estimate of drug-likeness (QED) is 0.686. The van der Waals surface area contributed by atoms with Crippen LogP contribution in [0.25, 0.3) is 0 Å². The van der Waals surface area contributed by atoms with Gasteiger partial charge in [-0.2, -0.15) is 9.97 Å². The van der Waals surface area contributed by atoms with Crippen LogP contribution in [0, 0.1) is 13.8 Å². The van der Waals surface area contributed by atoms with E-state index in [1.807, 2.05) is 19.1 Å². The lowest BCUT2D eigenvalue weighted by molar-refractivity contribution is 0.103. The third-order valence-corrected chi connectivity index (χ3v) is 4.52. The number of anilines is 3. The number of halogens is 2. The van der Waals surface area contributed by atoms with Crippen molar-refractivity contribution >= 4 is 57.2 Å². The van der Waals surface area contributed by atoms with E-state index in [1.165, 1.54) is 6.20 Å². The summed E-state index contributed by atoms with van der Waals surface area (Å²) < 4.78 is 0. The summed E-state index contributed by atoms with van der Waals surface area (Å²) in [6.07, 6.45) is 1.46. The largest absolute Gasteiger partial charge is 0.320 e. The standard InChI is InChI=1S/C15H12Cl2N6OS/c1-7-4-3-5-9(16)11(7)21-12(24)10-6-18-15(25-10)23-14-20-8(2)19-13(17)22-14/h3-6H,1-2H3,(H,21,24)(H,18,19,20,22,23). The third-order valence-electron chi connectivity index (χ3n) is 3.13. The number of hydrogen-bond acceptors (Lipinski definition) is 7. The lowest BCUT2D eigenvalue weighted by Crippen LogP contribution is -2.11. The highest BCUT2D eigenvalue weighted by Crippen LogP contribution is 2.27. The predicted molar refractivity (Wildman–Crippen MR) is 99.1 cm³/mol. The number of para-hydroxylation sites is 1. The molecule has 0 aliphatic carbocycles. The number of nitrogens with zero attached hydrogens (tertiary/aromatic N) is 4. The molecule has 10 heteroatoms. The number of carbonyl (C=O) groups is 1. The smallest absolute Gasteiger partial charge is 0.267 e. The van der Waals surface area contributed by atoms with Gasteiger partial charge in [-0.25, -0.2) is 9.97 Å². The molecular weight excluding hydrogens is 383 g/mol. The van der Waals surface area contributed by atoms with E-state index < -0.39 is 0 Å². The number of hydrogen-bond donors (Lipinski definition) is 2. The number of aromatic nitrogens is 4. The Morgan fingerprint density at radius 3 is 2.68 bits per heavy atom. The van der Waals surface area contributed by atoms with Gasteiger partial charge in [0, 0.05) is 0 Å². The van der Waals surface area contributed by atoms with Crippen LogP contribution in [-0.4, -0.2) is 25.8 Å². The van der Waals surface area contributed by atoms with E-state index in [0.29, 0.717) is 26.5 Å². The van der Waals surface area contributed by atoms with E-state index in [0.717, 1.165) is 16.9 Å². The number of thiazole rings is 1. The fourth-order valence-corrected chi connectivity index (χ4v) is 3.18. The molecule has 1 aromatic carbocycles. The summed E-state index contributed by atoms with van der Waals surface area (Å²) in [5, 5.41) is 6.72. The molecule has 3 rings (SSSR count). The van der Waals surface area contributed by atoms with Gasteiger partial charge in [0.05, 0.1) is 16.9 Å². The molecule has 1 amide bonds. The van der Waals surface area contributed by atoms with Crippen molar-refractivity contribution in [2.24, 2.45) is 0 Å². The summed E-state index contributed by atoms with van der Waals surface area (Å²) in [5.41, 5.74) is 1.45. The van der Waals surface area contributed by atoms with Gasteiger partial charge >= 0.3 is 0 Å². The molecule has 2 N–H and O–H groups in total. The summed E-state index contributed by atoms with van der Waals surface area (Å²) in [6, 6.07) is 5.41. The van der Waals surface area contributed by atoms with E-state index in [4.69, 9.17) is 23.2 Å². The van der Waals surface area contributed by atoms with Crippen molar-refractivity contribution in [3.05, 3.63) is 51.0 Å². The van der Waals surface area contributed by atoms with Gasteiger partial charge in [-0.05, 0) is 37.1 Å². The molecule has 0 saturated carbocycles. The van der Waals surface area contributed by atoms with E-state index in [2.05, 4.69) is 30.6 Å². The van der Waals surface area contributed by atoms with E-state index in [1.54, 1.807) is 13.0 Å². The first kappa shape index (κ1) is 17.5. The number of rotatable bonds is 4. The molecule has 25 heavy (non-hydrogen) atoms. The van der Waals surface area contributed by atoms with Crippen LogP contribution in [0.3, 0.4) is 0 Å². The minimum atomic E-state index is -0.299. The Hall–Kier alpha value is -2.29. The minimum absolute atomic E-state index is 0.0821. The summed E-state index contributed by atoms with van der Waals surface area (Å²) >= 11 is 13.1. The average Bonchev–Trinajstić information content (AvgIpc) is 2.98. The van der Waals surface area contributed by atoms with Crippen LogP contribution in [0.15, 0.2) is 24.4 Å². The van der Waals surface area contributed by atoms with Crippen molar-refractivity contribution in [2.45, 2.75) is 13.8 Å². The third kappa shape index (κ3) is 4.22. The molecule has 0 radical (unpaired) electrons.